The summed E-state index contributed by atoms with van der Waals surface area (Å²) in [5.74, 6) is 0. The molecule has 3 N–H and O–H groups in total. The summed E-state index contributed by atoms with van der Waals surface area (Å²) >= 11 is 0. The van der Waals surface area contributed by atoms with Crippen molar-refractivity contribution < 1.29 is 24.5 Å². The second kappa shape index (κ2) is 5.19. The van der Waals surface area contributed by atoms with Gasteiger partial charge in [-0.25, -0.2) is 9.48 Å². The third-order valence-electron chi connectivity index (χ3n) is 3.99. The molecule has 2 heterocycles. The second-order valence-corrected chi connectivity index (χ2v) is 8.30. The van der Waals surface area contributed by atoms with Crippen molar-refractivity contribution in [1.29, 1.82) is 0 Å². The van der Waals surface area contributed by atoms with Crippen molar-refractivity contribution in [3.05, 3.63) is 56.4 Å². The van der Waals surface area contributed by atoms with Crippen molar-refractivity contribution in [3.63, 3.8) is 0 Å². The minimum Gasteiger partial charge on any atom is -0.390 e. The molecule has 0 aliphatic carbocycles. The highest BCUT2D eigenvalue weighted by Gasteiger charge is 2.65. The molecule has 13 heteroatoms. The number of aliphatic hydroxyl groups is 1. The molecule has 0 bridgehead atoms. The minimum atomic E-state index is -9.79. The fourth-order valence-corrected chi connectivity index (χ4v) is 3.33. The number of nitrogens with one attached hydrogen (secondary N) is 2. The predicted octanol–water partition coefficient (Wildman–Crippen LogP) is 3.17. The Morgan fingerprint density at radius 1 is 1.11 bits per heavy atom. The van der Waals surface area contributed by atoms with E-state index in [0.29, 0.717) is 0 Å². The van der Waals surface area contributed by atoms with Crippen LogP contribution in [0.15, 0.2) is 38.8 Å². The van der Waals surface area contributed by atoms with Gasteiger partial charge in [-0.3, -0.25) is 14.8 Å². The number of hydrogen-bond donors (Lipinski definition) is 3. The van der Waals surface area contributed by atoms with Gasteiger partial charge in [0.25, 0.3) is 5.56 Å². The van der Waals surface area contributed by atoms with E-state index in [4.69, 9.17) is 0 Å². The van der Waals surface area contributed by atoms with Gasteiger partial charge in [0.15, 0.2) is 0 Å². The highest BCUT2D eigenvalue weighted by atomic mass is 32.5. The van der Waals surface area contributed by atoms with E-state index in [-0.39, 0.29) is 34.4 Å². The molecular formula is C14H13F5N4O3S. The van der Waals surface area contributed by atoms with E-state index in [1.54, 1.807) is 0 Å². The Balaban J connectivity index is 2.14. The lowest BCUT2D eigenvalue weighted by Gasteiger charge is -2.40. The maximum atomic E-state index is 12.8. The Bertz CT molecular complexity index is 1150. The summed E-state index contributed by atoms with van der Waals surface area (Å²) in [6.45, 7) is 0.844. The van der Waals surface area contributed by atoms with Crippen LogP contribution in [-0.4, -0.2) is 24.9 Å². The summed E-state index contributed by atoms with van der Waals surface area (Å²) in [5.41, 5.74) is -1.60. The van der Waals surface area contributed by atoms with E-state index in [9.17, 15) is 34.1 Å². The van der Waals surface area contributed by atoms with Crippen molar-refractivity contribution in [2.75, 3.05) is 0 Å². The Morgan fingerprint density at radius 2 is 1.70 bits per heavy atom. The number of H-pyrrole nitrogens is 2. The highest BCUT2D eigenvalue weighted by molar-refractivity contribution is 8.45. The number of hydrogen-bond acceptors (Lipinski definition) is 4. The standard InChI is InChI=1S/C14H13F5N4O3S/c1-7(8-2-4-9(5-3-8)27(15,16,17,18)19)23-12-11(10(6-24)22-23)13(25)21-14(26)20-12/h2-5,7,24H,6H2,1H3,(H2,20,21,25,26)/t7-/m1/s1. The van der Waals surface area contributed by atoms with Crippen LogP contribution < -0.4 is 11.2 Å². The van der Waals surface area contributed by atoms with Crippen LogP contribution in [0.5, 0.6) is 0 Å². The van der Waals surface area contributed by atoms with Crippen LogP contribution in [0.25, 0.3) is 11.0 Å². The molecule has 3 aromatic rings. The average molecular weight is 412 g/mol. The Kier molecular flexibility index (Phi) is 3.67. The molecule has 0 aliphatic rings. The molecule has 148 valence electrons. The normalized spacial score (nSPS) is 16.1. The first-order valence-corrected chi connectivity index (χ1v) is 9.35. The summed E-state index contributed by atoms with van der Waals surface area (Å²) in [6, 6.07) is 1.41. The van der Waals surface area contributed by atoms with Crippen LogP contribution in [-0.2, 0) is 6.61 Å². The first-order chi connectivity index (χ1) is 12.2. The van der Waals surface area contributed by atoms with Crippen molar-refractivity contribution in [1.82, 2.24) is 19.7 Å². The quantitative estimate of drug-likeness (QED) is 0.573. The van der Waals surface area contributed by atoms with E-state index in [1.165, 1.54) is 6.92 Å². The molecule has 7 nitrogen and oxygen atoms in total. The van der Waals surface area contributed by atoms with Gasteiger partial charge in [-0.15, -0.1) is 0 Å². The number of aromatic nitrogens is 4. The average Bonchev–Trinajstić information content (AvgIpc) is 2.91. The molecular weight excluding hydrogens is 399 g/mol. The summed E-state index contributed by atoms with van der Waals surface area (Å²) in [5, 5.41) is 13.3. The molecule has 0 saturated carbocycles. The smallest absolute Gasteiger partial charge is 0.327 e. The number of aliphatic hydroxyl groups excluding tert-OH is 1. The topological polar surface area (TPSA) is 104 Å². The van der Waals surface area contributed by atoms with Crippen LogP contribution >= 0.6 is 10.2 Å². The molecule has 27 heavy (non-hydrogen) atoms. The van der Waals surface area contributed by atoms with E-state index in [0.717, 1.165) is 16.8 Å². The number of nitrogens with zero attached hydrogens (tertiary/aromatic N) is 2. The number of benzene rings is 1. The van der Waals surface area contributed by atoms with Crippen LogP contribution in [0.4, 0.5) is 19.4 Å². The summed E-state index contributed by atoms with van der Waals surface area (Å²) in [7, 11) is -9.79. The number of fused-ring (bicyclic) bond motifs is 1. The van der Waals surface area contributed by atoms with Crippen LogP contribution in [0.2, 0.25) is 0 Å². The molecule has 2 aromatic heterocycles. The Morgan fingerprint density at radius 3 is 2.22 bits per heavy atom. The van der Waals surface area contributed by atoms with Crippen molar-refractivity contribution >= 4 is 21.3 Å². The molecule has 1 aromatic carbocycles. The molecule has 0 aliphatic heterocycles. The third-order valence-corrected chi connectivity index (χ3v) is 5.16. The zero-order valence-electron chi connectivity index (χ0n) is 13.6. The van der Waals surface area contributed by atoms with E-state index < -0.39 is 39.0 Å². The van der Waals surface area contributed by atoms with Crippen LogP contribution in [0.3, 0.4) is 0 Å². The van der Waals surface area contributed by atoms with Gasteiger partial charge in [0.1, 0.15) is 21.6 Å². The largest absolute Gasteiger partial charge is 0.390 e. The van der Waals surface area contributed by atoms with Crippen molar-refractivity contribution in [3.8, 4) is 0 Å². The van der Waals surface area contributed by atoms with Crippen molar-refractivity contribution in [2.24, 2.45) is 0 Å². The second-order valence-electron chi connectivity index (χ2n) is 5.90. The number of halogens is 5. The third kappa shape index (κ3) is 3.47. The zero-order valence-corrected chi connectivity index (χ0v) is 14.4. The van der Waals surface area contributed by atoms with Gasteiger partial charge in [0.05, 0.1) is 12.6 Å². The fraction of sp³-hybridized carbons (Fsp3) is 0.214. The Labute approximate surface area is 147 Å². The SMILES string of the molecule is C[C@H](c1ccc(S(F)(F)(F)(F)F)cc1)n1nc(CO)c2c(=O)[nH]c(=O)[nH]c21. The molecule has 0 spiro atoms. The van der Waals surface area contributed by atoms with E-state index >= 15 is 0 Å². The zero-order chi connectivity index (χ0) is 20.3. The molecule has 0 unspecified atom stereocenters. The first kappa shape index (κ1) is 19.1. The van der Waals surface area contributed by atoms with E-state index in [1.807, 2.05) is 4.98 Å². The van der Waals surface area contributed by atoms with Crippen LogP contribution in [0.1, 0.15) is 24.2 Å². The van der Waals surface area contributed by atoms with E-state index in [2.05, 4.69) is 10.1 Å². The first-order valence-electron chi connectivity index (χ1n) is 7.40. The Hall–Kier alpha value is -2.67. The molecule has 1 atom stereocenters. The fourth-order valence-electron chi connectivity index (χ4n) is 2.68. The van der Waals surface area contributed by atoms with Gasteiger partial charge >= 0.3 is 15.9 Å². The van der Waals surface area contributed by atoms with Gasteiger partial charge in [0, 0.05) is 0 Å². The molecule has 0 amide bonds. The monoisotopic (exact) mass is 412 g/mol. The maximum Gasteiger partial charge on any atom is 0.327 e. The lowest BCUT2D eigenvalue weighted by molar-refractivity contribution is 0.276. The molecule has 0 radical (unpaired) electrons. The van der Waals surface area contributed by atoms with Crippen molar-refractivity contribution in [2.45, 2.75) is 24.5 Å². The lowest BCUT2D eigenvalue weighted by atomic mass is 10.1. The van der Waals surface area contributed by atoms with Gasteiger partial charge < -0.3 is 5.11 Å². The number of aromatic amines is 2. The summed E-state index contributed by atoms with van der Waals surface area (Å²) in [6.07, 6.45) is 0. The maximum absolute atomic E-state index is 12.8. The molecule has 0 saturated heterocycles. The predicted molar refractivity (Wildman–Crippen MR) is 88.5 cm³/mol. The minimum absolute atomic E-state index is 0.0574. The number of rotatable bonds is 4. The summed E-state index contributed by atoms with van der Waals surface area (Å²) in [4.78, 5) is 25.7. The van der Waals surface area contributed by atoms with Gasteiger partial charge in [0.2, 0.25) is 0 Å². The molecule has 0 fully saturated rings. The van der Waals surface area contributed by atoms with Gasteiger partial charge in [-0.05, 0) is 24.6 Å². The van der Waals surface area contributed by atoms with Gasteiger partial charge in [-0.2, -0.15) is 5.10 Å². The lowest BCUT2D eigenvalue weighted by Crippen LogP contribution is -2.23. The molecule has 3 rings (SSSR count). The van der Waals surface area contributed by atoms with Crippen LogP contribution in [0, 0.1) is 0 Å². The van der Waals surface area contributed by atoms with Gasteiger partial charge in [-0.1, -0.05) is 31.6 Å². The highest BCUT2D eigenvalue weighted by Crippen LogP contribution is 3.02. The summed E-state index contributed by atoms with van der Waals surface area (Å²) < 4.78 is 65.2.